The predicted octanol–water partition coefficient (Wildman–Crippen LogP) is 1.44. The van der Waals surface area contributed by atoms with Crippen LogP contribution >= 0.6 is 24.0 Å². The van der Waals surface area contributed by atoms with Crippen molar-refractivity contribution in [1.29, 1.82) is 0 Å². The normalized spacial score (nSPS) is 15.8. The second kappa shape index (κ2) is 5.31. The molecule has 0 spiro atoms. The molecule has 6 heteroatoms. The predicted molar refractivity (Wildman–Crippen MR) is 58.4 cm³/mol. The van der Waals surface area contributed by atoms with Gasteiger partial charge in [0.05, 0.1) is 0 Å². The molecule has 0 bridgehead atoms. The van der Waals surface area contributed by atoms with Crippen molar-refractivity contribution in [2.75, 3.05) is 18.9 Å². The topological polar surface area (TPSA) is 46.6 Å². The molecule has 14 heavy (non-hydrogen) atoms. The molecule has 0 aromatic carbocycles. The second-order valence-corrected chi connectivity index (χ2v) is 4.44. The zero-order valence-corrected chi connectivity index (χ0v) is 9.45. The van der Waals surface area contributed by atoms with E-state index in [2.05, 4.69) is 0 Å². The number of ketones is 1. The lowest BCUT2D eigenvalue weighted by molar-refractivity contribution is -0.121. The van der Waals surface area contributed by atoms with Crippen LogP contribution in [-0.2, 0) is 9.53 Å². The van der Waals surface area contributed by atoms with Crippen LogP contribution in [0.4, 0.5) is 4.79 Å². The molecule has 1 heterocycles. The summed E-state index contributed by atoms with van der Waals surface area (Å²) in [5.41, 5.74) is 0. The van der Waals surface area contributed by atoms with Gasteiger partial charge in [-0.05, 0) is 0 Å². The van der Waals surface area contributed by atoms with E-state index < -0.39 is 6.09 Å². The lowest BCUT2D eigenvalue weighted by atomic mass is 10.3. The first-order chi connectivity index (χ1) is 6.65. The highest BCUT2D eigenvalue weighted by molar-refractivity contribution is 8.23. The SMILES string of the molecule is CCC(=O)COC(=O)N1CCSC1=S. The van der Waals surface area contributed by atoms with Gasteiger partial charge in [0, 0.05) is 18.7 Å². The minimum Gasteiger partial charge on any atom is -0.441 e. The summed E-state index contributed by atoms with van der Waals surface area (Å²) in [6.45, 7) is 2.15. The summed E-state index contributed by atoms with van der Waals surface area (Å²) < 4.78 is 5.31. The number of nitrogens with zero attached hydrogens (tertiary/aromatic N) is 1. The Morgan fingerprint density at radius 3 is 2.86 bits per heavy atom. The van der Waals surface area contributed by atoms with Crippen LogP contribution in [0.5, 0.6) is 0 Å². The Morgan fingerprint density at radius 2 is 2.36 bits per heavy atom. The number of carbonyl (C=O) groups is 2. The molecule has 0 aromatic heterocycles. The maximum Gasteiger partial charge on any atom is 0.415 e. The van der Waals surface area contributed by atoms with Crippen molar-refractivity contribution in [3.8, 4) is 0 Å². The molecule has 0 aromatic rings. The molecular formula is C8H11NO3S2. The number of amides is 1. The fraction of sp³-hybridized carbons (Fsp3) is 0.625. The summed E-state index contributed by atoms with van der Waals surface area (Å²) in [4.78, 5) is 23.6. The lowest BCUT2D eigenvalue weighted by Gasteiger charge is -2.13. The Hall–Kier alpha value is -0.620. The van der Waals surface area contributed by atoms with Crippen LogP contribution in [0, 0.1) is 0 Å². The van der Waals surface area contributed by atoms with E-state index in [0.717, 1.165) is 5.75 Å². The molecule has 1 aliphatic heterocycles. The monoisotopic (exact) mass is 233 g/mol. The average molecular weight is 233 g/mol. The highest BCUT2D eigenvalue weighted by atomic mass is 32.2. The molecule has 0 atom stereocenters. The number of hydrogen-bond acceptors (Lipinski definition) is 5. The molecule has 1 amide bonds. The van der Waals surface area contributed by atoms with Crippen molar-refractivity contribution in [2.45, 2.75) is 13.3 Å². The van der Waals surface area contributed by atoms with Crippen LogP contribution in [-0.4, -0.2) is 40.0 Å². The van der Waals surface area contributed by atoms with Gasteiger partial charge in [-0.2, -0.15) is 0 Å². The van der Waals surface area contributed by atoms with Gasteiger partial charge in [-0.15, -0.1) is 0 Å². The van der Waals surface area contributed by atoms with Crippen molar-refractivity contribution in [3.63, 3.8) is 0 Å². The maximum atomic E-state index is 11.3. The van der Waals surface area contributed by atoms with Gasteiger partial charge in [-0.3, -0.25) is 9.69 Å². The van der Waals surface area contributed by atoms with Crippen molar-refractivity contribution < 1.29 is 14.3 Å². The highest BCUT2D eigenvalue weighted by Gasteiger charge is 2.25. The number of carbonyl (C=O) groups excluding carboxylic acids is 2. The largest absolute Gasteiger partial charge is 0.441 e. The van der Waals surface area contributed by atoms with Gasteiger partial charge >= 0.3 is 6.09 Å². The van der Waals surface area contributed by atoms with Gasteiger partial charge in [0.15, 0.2) is 12.4 Å². The molecule has 0 unspecified atom stereocenters. The molecule has 0 radical (unpaired) electrons. The van der Waals surface area contributed by atoms with Gasteiger partial charge in [0.2, 0.25) is 0 Å². The number of thiocarbonyl (C=S) groups is 1. The van der Waals surface area contributed by atoms with Crippen molar-refractivity contribution in [1.82, 2.24) is 4.90 Å². The number of ether oxygens (including phenoxy) is 1. The number of thioether (sulfide) groups is 1. The third-order valence-electron chi connectivity index (χ3n) is 1.73. The summed E-state index contributed by atoms with van der Waals surface area (Å²) >= 11 is 6.37. The molecule has 1 aliphatic rings. The highest BCUT2D eigenvalue weighted by Crippen LogP contribution is 2.18. The zero-order valence-electron chi connectivity index (χ0n) is 7.82. The van der Waals surface area contributed by atoms with E-state index in [-0.39, 0.29) is 12.4 Å². The van der Waals surface area contributed by atoms with Crippen molar-refractivity contribution >= 4 is 40.2 Å². The third kappa shape index (κ3) is 2.95. The van der Waals surface area contributed by atoms with Crippen LogP contribution in [0.2, 0.25) is 0 Å². The molecule has 1 rings (SSSR count). The molecule has 1 saturated heterocycles. The van der Waals surface area contributed by atoms with Crippen LogP contribution in [0.15, 0.2) is 0 Å². The Labute approximate surface area is 92.0 Å². The number of hydrogen-bond donors (Lipinski definition) is 0. The third-order valence-corrected chi connectivity index (χ3v) is 3.16. The Balaban J connectivity index is 2.34. The van der Waals surface area contributed by atoms with Crippen LogP contribution < -0.4 is 0 Å². The summed E-state index contributed by atoms with van der Waals surface area (Å²) in [5.74, 6) is 0.714. The van der Waals surface area contributed by atoms with Crippen molar-refractivity contribution in [2.24, 2.45) is 0 Å². The fourth-order valence-electron chi connectivity index (χ4n) is 0.881. The molecule has 0 saturated carbocycles. The molecule has 78 valence electrons. The van der Waals surface area contributed by atoms with E-state index in [1.54, 1.807) is 6.92 Å². The fourth-order valence-corrected chi connectivity index (χ4v) is 2.07. The van der Waals surface area contributed by atoms with Crippen LogP contribution in [0.1, 0.15) is 13.3 Å². The second-order valence-electron chi connectivity index (χ2n) is 2.71. The van der Waals surface area contributed by atoms with Gasteiger partial charge < -0.3 is 4.74 Å². The summed E-state index contributed by atoms with van der Waals surface area (Å²) in [5, 5.41) is 0. The van der Waals surface area contributed by atoms with E-state index in [0.29, 0.717) is 17.3 Å². The number of rotatable bonds is 3. The van der Waals surface area contributed by atoms with Gasteiger partial charge in [0.1, 0.15) is 4.32 Å². The number of Topliss-reactive ketones (excluding diaryl/α,β-unsaturated/α-hetero) is 1. The first kappa shape index (κ1) is 11.5. The zero-order chi connectivity index (χ0) is 10.6. The Bertz CT molecular complexity index is 267. The molecule has 1 fully saturated rings. The van der Waals surface area contributed by atoms with E-state index >= 15 is 0 Å². The standard InChI is InChI=1S/C8H11NO3S2/c1-2-6(10)5-12-7(11)9-3-4-14-8(9)13/h2-5H2,1H3. The molecule has 0 N–H and O–H groups in total. The first-order valence-electron chi connectivity index (χ1n) is 4.28. The minimum absolute atomic E-state index is 0.0869. The molecular weight excluding hydrogens is 222 g/mol. The van der Waals surface area contributed by atoms with Crippen LogP contribution in [0.3, 0.4) is 0 Å². The Kier molecular flexibility index (Phi) is 4.34. The van der Waals surface area contributed by atoms with E-state index in [1.165, 1.54) is 16.7 Å². The van der Waals surface area contributed by atoms with Gasteiger partial charge in [-0.1, -0.05) is 30.9 Å². The average Bonchev–Trinajstić information content (AvgIpc) is 2.60. The maximum absolute atomic E-state index is 11.3. The smallest absolute Gasteiger partial charge is 0.415 e. The van der Waals surface area contributed by atoms with Crippen LogP contribution in [0.25, 0.3) is 0 Å². The minimum atomic E-state index is -0.512. The van der Waals surface area contributed by atoms with Gasteiger partial charge in [0.25, 0.3) is 0 Å². The van der Waals surface area contributed by atoms with Crippen molar-refractivity contribution in [3.05, 3.63) is 0 Å². The summed E-state index contributed by atoms with van der Waals surface area (Å²) in [6.07, 6.45) is -0.131. The summed E-state index contributed by atoms with van der Waals surface area (Å²) in [6, 6.07) is 0. The van der Waals surface area contributed by atoms with E-state index in [9.17, 15) is 9.59 Å². The molecule has 0 aliphatic carbocycles. The molecule has 4 nitrogen and oxygen atoms in total. The Morgan fingerprint density at radius 1 is 1.64 bits per heavy atom. The quantitative estimate of drug-likeness (QED) is 0.690. The summed E-state index contributed by atoms with van der Waals surface area (Å²) in [7, 11) is 0. The van der Waals surface area contributed by atoms with E-state index in [4.69, 9.17) is 17.0 Å². The lowest BCUT2D eigenvalue weighted by Crippen LogP contribution is -2.32. The van der Waals surface area contributed by atoms with E-state index in [1.807, 2.05) is 0 Å². The first-order valence-corrected chi connectivity index (χ1v) is 5.67. The van der Waals surface area contributed by atoms with Gasteiger partial charge in [-0.25, -0.2) is 4.79 Å².